The van der Waals surface area contributed by atoms with Crippen LogP contribution in [0.25, 0.3) is 16.7 Å². The smallest absolute Gasteiger partial charge is 0.150 e. The molecule has 0 atom stereocenters. The zero-order valence-corrected chi connectivity index (χ0v) is 18.4. The van der Waals surface area contributed by atoms with Crippen molar-refractivity contribution in [3.63, 3.8) is 0 Å². The summed E-state index contributed by atoms with van der Waals surface area (Å²) in [5.74, 6) is 2.61. The molecule has 5 nitrogen and oxygen atoms in total. The molecule has 0 saturated heterocycles. The summed E-state index contributed by atoms with van der Waals surface area (Å²) in [6.07, 6.45) is 2.13. The summed E-state index contributed by atoms with van der Waals surface area (Å²) in [6.45, 7) is 15.0. The number of ether oxygens (including phenoxy) is 1. The molecule has 1 aromatic carbocycles. The van der Waals surface area contributed by atoms with E-state index in [4.69, 9.17) is 14.7 Å². The van der Waals surface area contributed by atoms with E-state index in [0.717, 1.165) is 41.3 Å². The van der Waals surface area contributed by atoms with Gasteiger partial charge in [-0.1, -0.05) is 13.8 Å². The number of nitrogens with zero attached hydrogens (tertiary/aromatic N) is 3. The SMILES string of the molecule is CCC(CC)Nc1nc(C)nc2c1c(C)c(C)n2-c1c(C)cc(OC)cc1C. The van der Waals surface area contributed by atoms with E-state index in [-0.39, 0.29) is 0 Å². The van der Waals surface area contributed by atoms with Crippen molar-refractivity contribution < 1.29 is 4.74 Å². The maximum Gasteiger partial charge on any atom is 0.150 e. The number of aryl methyl sites for hydroxylation is 4. The van der Waals surface area contributed by atoms with E-state index in [9.17, 15) is 0 Å². The molecular formula is C23H32N4O. The molecule has 3 aromatic rings. The van der Waals surface area contributed by atoms with Crippen molar-refractivity contribution in [1.82, 2.24) is 14.5 Å². The van der Waals surface area contributed by atoms with E-state index in [0.29, 0.717) is 6.04 Å². The Morgan fingerprint density at radius 1 is 1.00 bits per heavy atom. The van der Waals surface area contributed by atoms with Crippen molar-refractivity contribution >= 4 is 16.9 Å². The molecule has 1 N–H and O–H groups in total. The number of aromatic nitrogens is 3. The summed E-state index contributed by atoms with van der Waals surface area (Å²) >= 11 is 0. The Morgan fingerprint density at radius 2 is 1.61 bits per heavy atom. The Labute approximate surface area is 168 Å². The van der Waals surface area contributed by atoms with Gasteiger partial charge in [-0.25, -0.2) is 9.97 Å². The predicted molar refractivity (Wildman–Crippen MR) is 117 cm³/mol. The Bertz CT molecular complexity index is 992. The van der Waals surface area contributed by atoms with E-state index < -0.39 is 0 Å². The van der Waals surface area contributed by atoms with Gasteiger partial charge in [-0.05, 0) is 76.3 Å². The van der Waals surface area contributed by atoms with Crippen LogP contribution >= 0.6 is 0 Å². The van der Waals surface area contributed by atoms with Crippen LogP contribution in [0.4, 0.5) is 5.82 Å². The molecule has 5 heteroatoms. The summed E-state index contributed by atoms with van der Waals surface area (Å²) in [5, 5.41) is 4.77. The van der Waals surface area contributed by atoms with Crippen molar-refractivity contribution in [3.05, 3.63) is 40.3 Å². The third-order valence-electron chi connectivity index (χ3n) is 5.72. The lowest BCUT2D eigenvalue weighted by Crippen LogP contribution is -2.18. The van der Waals surface area contributed by atoms with Gasteiger partial charge in [0.2, 0.25) is 0 Å². The average molecular weight is 381 g/mol. The van der Waals surface area contributed by atoms with Gasteiger partial charge in [-0.2, -0.15) is 0 Å². The quantitative estimate of drug-likeness (QED) is 0.607. The molecule has 0 fully saturated rings. The minimum atomic E-state index is 0.407. The number of fused-ring (bicyclic) bond motifs is 1. The normalized spacial score (nSPS) is 11.5. The lowest BCUT2D eigenvalue weighted by molar-refractivity contribution is 0.414. The second-order valence-electron chi connectivity index (χ2n) is 7.63. The monoisotopic (exact) mass is 380 g/mol. The first-order valence-corrected chi connectivity index (χ1v) is 10.1. The van der Waals surface area contributed by atoms with Gasteiger partial charge in [0.15, 0.2) is 5.65 Å². The maximum absolute atomic E-state index is 5.45. The number of benzene rings is 1. The number of anilines is 1. The molecule has 2 aromatic heterocycles. The van der Waals surface area contributed by atoms with Crippen LogP contribution < -0.4 is 10.1 Å². The summed E-state index contributed by atoms with van der Waals surface area (Å²) in [4.78, 5) is 9.62. The van der Waals surface area contributed by atoms with Crippen molar-refractivity contribution in [2.75, 3.05) is 12.4 Å². The number of hydrogen-bond donors (Lipinski definition) is 1. The van der Waals surface area contributed by atoms with Crippen LogP contribution in [0.2, 0.25) is 0 Å². The van der Waals surface area contributed by atoms with Crippen molar-refractivity contribution in [2.24, 2.45) is 0 Å². The first-order valence-electron chi connectivity index (χ1n) is 10.1. The van der Waals surface area contributed by atoms with Gasteiger partial charge < -0.3 is 10.1 Å². The zero-order valence-electron chi connectivity index (χ0n) is 18.4. The third kappa shape index (κ3) is 3.34. The van der Waals surface area contributed by atoms with Crippen LogP contribution in [0.15, 0.2) is 12.1 Å². The van der Waals surface area contributed by atoms with Gasteiger partial charge in [-0.15, -0.1) is 0 Å². The summed E-state index contributed by atoms with van der Waals surface area (Å²) in [7, 11) is 1.71. The fourth-order valence-electron chi connectivity index (χ4n) is 4.02. The van der Waals surface area contributed by atoms with Crippen molar-refractivity contribution in [3.8, 4) is 11.4 Å². The lowest BCUT2D eigenvalue weighted by atomic mass is 10.1. The zero-order chi connectivity index (χ0) is 20.6. The minimum Gasteiger partial charge on any atom is -0.497 e. The Morgan fingerprint density at radius 3 is 2.14 bits per heavy atom. The minimum absolute atomic E-state index is 0.407. The third-order valence-corrected chi connectivity index (χ3v) is 5.72. The van der Waals surface area contributed by atoms with Crippen LogP contribution in [0, 0.1) is 34.6 Å². The van der Waals surface area contributed by atoms with Crippen LogP contribution in [0.5, 0.6) is 5.75 Å². The number of rotatable bonds is 6. The van der Waals surface area contributed by atoms with E-state index >= 15 is 0 Å². The highest BCUT2D eigenvalue weighted by molar-refractivity contribution is 5.93. The number of hydrogen-bond acceptors (Lipinski definition) is 4. The average Bonchev–Trinajstić information content (AvgIpc) is 2.90. The molecule has 0 unspecified atom stereocenters. The molecule has 0 spiro atoms. The Balaban J connectivity index is 2.32. The molecule has 3 rings (SSSR count). The van der Waals surface area contributed by atoms with Crippen LogP contribution in [-0.4, -0.2) is 27.7 Å². The van der Waals surface area contributed by atoms with Gasteiger partial charge in [0, 0.05) is 11.7 Å². The van der Waals surface area contributed by atoms with Crippen LogP contribution in [0.3, 0.4) is 0 Å². The number of nitrogens with one attached hydrogen (secondary N) is 1. The molecule has 0 aliphatic heterocycles. The van der Waals surface area contributed by atoms with Crippen molar-refractivity contribution in [1.29, 1.82) is 0 Å². The first kappa shape index (κ1) is 20.2. The molecule has 0 bridgehead atoms. The van der Waals surface area contributed by atoms with E-state index in [1.807, 2.05) is 6.92 Å². The second-order valence-corrected chi connectivity index (χ2v) is 7.63. The molecule has 2 heterocycles. The lowest BCUT2D eigenvalue weighted by Gasteiger charge is -2.18. The number of methoxy groups -OCH3 is 1. The molecule has 0 aliphatic rings. The Hall–Kier alpha value is -2.56. The topological polar surface area (TPSA) is 52.0 Å². The standard InChI is InChI=1S/C23H32N4O/c1-9-18(10-2)26-22-20-15(5)16(6)27(23(20)25-17(7)24-22)21-13(3)11-19(28-8)12-14(21)4/h11-12,18H,9-10H2,1-8H3,(H,24,25,26). The molecule has 28 heavy (non-hydrogen) atoms. The van der Waals surface area contributed by atoms with E-state index in [1.165, 1.54) is 28.1 Å². The van der Waals surface area contributed by atoms with Crippen LogP contribution in [0.1, 0.15) is 54.9 Å². The molecule has 0 radical (unpaired) electrons. The van der Waals surface area contributed by atoms with Gasteiger partial charge in [-0.3, -0.25) is 4.57 Å². The fourth-order valence-corrected chi connectivity index (χ4v) is 4.02. The molecule has 0 aliphatic carbocycles. The van der Waals surface area contributed by atoms with Gasteiger partial charge >= 0.3 is 0 Å². The molecular weight excluding hydrogens is 348 g/mol. The first-order chi connectivity index (χ1) is 13.3. The summed E-state index contributed by atoms with van der Waals surface area (Å²) in [5.41, 5.74) is 6.89. The fraction of sp³-hybridized carbons (Fsp3) is 0.478. The molecule has 0 amide bonds. The Kier molecular flexibility index (Phi) is 5.64. The summed E-state index contributed by atoms with van der Waals surface area (Å²) < 4.78 is 7.73. The maximum atomic E-state index is 5.45. The highest BCUT2D eigenvalue weighted by Gasteiger charge is 2.22. The van der Waals surface area contributed by atoms with Gasteiger partial charge in [0.1, 0.15) is 17.4 Å². The van der Waals surface area contributed by atoms with Crippen LogP contribution in [-0.2, 0) is 0 Å². The predicted octanol–water partition coefficient (Wildman–Crippen LogP) is 5.57. The van der Waals surface area contributed by atoms with E-state index in [2.05, 4.69) is 63.6 Å². The van der Waals surface area contributed by atoms with Gasteiger partial charge in [0.25, 0.3) is 0 Å². The summed E-state index contributed by atoms with van der Waals surface area (Å²) in [6, 6.07) is 4.57. The second kappa shape index (κ2) is 7.82. The largest absolute Gasteiger partial charge is 0.497 e. The molecule has 150 valence electrons. The van der Waals surface area contributed by atoms with Gasteiger partial charge in [0.05, 0.1) is 18.2 Å². The molecule has 0 saturated carbocycles. The highest BCUT2D eigenvalue weighted by Crippen LogP contribution is 2.35. The van der Waals surface area contributed by atoms with E-state index in [1.54, 1.807) is 7.11 Å². The van der Waals surface area contributed by atoms with Crippen molar-refractivity contribution in [2.45, 2.75) is 67.3 Å². The highest BCUT2D eigenvalue weighted by atomic mass is 16.5.